The molecule has 3 atom stereocenters. The fourth-order valence-corrected chi connectivity index (χ4v) is 3.43. The van der Waals surface area contributed by atoms with E-state index in [9.17, 15) is 0 Å². The Balaban J connectivity index is 2.00. The second-order valence-corrected chi connectivity index (χ2v) is 5.05. The van der Waals surface area contributed by atoms with Gasteiger partial charge in [-0.1, -0.05) is 12.1 Å². The first-order chi connectivity index (χ1) is 7.25. The van der Waals surface area contributed by atoms with Crippen LogP contribution in [0, 0.1) is 0 Å². The van der Waals surface area contributed by atoms with E-state index in [-0.39, 0.29) is 0 Å². The van der Waals surface area contributed by atoms with Crippen LogP contribution in [0.4, 0.5) is 5.69 Å². The van der Waals surface area contributed by atoms with Crippen LogP contribution in [0.15, 0.2) is 42.7 Å². The largest absolute Gasteiger partial charge is 0.258 e. The van der Waals surface area contributed by atoms with Crippen LogP contribution >= 0.6 is 0 Å². The second-order valence-electron chi connectivity index (χ2n) is 5.05. The van der Waals surface area contributed by atoms with Gasteiger partial charge < -0.3 is 0 Å². The lowest BCUT2D eigenvalue weighted by atomic mass is 10.00. The summed E-state index contributed by atoms with van der Waals surface area (Å²) in [7, 11) is 2.31. The second kappa shape index (κ2) is 2.08. The molecule has 3 unspecified atom stereocenters. The van der Waals surface area contributed by atoms with E-state index in [1.54, 1.807) is 0 Å². The van der Waals surface area contributed by atoms with Gasteiger partial charge in [-0.25, -0.2) is 0 Å². The molecular formula is C13H14N2+2. The van der Waals surface area contributed by atoms with Gasteiger partial charge in [-0.2, -0.15) is 8.97 Å². The van der Waals surface area contributed by atoms with E-state index in [0.717, 1.165) is 8.97 Å². The zero-order valence-corrected chi connectivity index (χ0v) is 8.80. The molecule has 1 spiro atoms. The van der Waals surface area contributed by atoms with E-state index in [2.05, 4.69) is 55.9 Å². The first-order valence-electron chi connectivity index (χ1n) is 5.45. The Kier molecular flexibility index (Phi) is 1.09. The summed E-state index contributed by atoms with van der Waals surface area (Å²) in [5.74, 6) is 0. The minimum atomic E-state index is 0.597. The van der Waals surface area contributed by atoms with E-state index >= 15 is 0 Å². The lowest BCUT2D eigenvalue weighted by Crippen LogP contribution is -2.77. The van der Waals surface area contributed by atoms with Crippen LogP contribution in [-0.4, -0.2) is 24.4 Å². The molecule has 0 saturated carbocycles. The van der Waals surface area contributed by atoms with Crippen molar-refractivity contribution in [2.24, 2.45) is 0 Å². The van der Waals surface area contributed by atoms with Gasteiger partial charge in [0, 0.05) is 17.7 Å². The van der Waals surface area contributed by atoms with Gasteiger partial charge in [-0.3, -0.25) is 0 Å². The van der Waals surface area contributed by atoms with Crippen LogP contribution < -0.4 is 4.48 Å². The molecule has 1 fully saturated rings. The molecule has 0 aromatic heterocycles. The molecule has 1 saturated heterocycles. The Bertz CT molecular complexity index is 517. The van der Waals surface area contributed by atoms with Crippen molar-refractivity contribution in [2.45, 2.75) is 6.17 Å². The van der Waals surface area contributed by atoms with Crippen molar-refractivity contribution < 1.29 is 4.48 Å². The molecule has 2 heteroatoms. The van der Waals surface area contributed by atoms with Crippen molar-refractivity contribution >= 4 is 11.8 Å². The van der Waals surface area contributed by atoms with E-state index < -0.39 is 0 Å². The van der Waals surface area contributed by atoms with Crippen LogP contribution in [0.1, 0.15) is 5.56 Å². The Morgan fingerprint density at radius 3 is 2.93 bits per heavy atom. The average molecular weight is 198 g/mol. The van der Waals surface area contributed by atoms with Crippen molar-refractivity contribution in [3.8, 4) is 0 Å². The van der Waals surface area contributed by atoms with E-state index in [1.807, 2.05) is 0 Å². The number of fused-ring (bicyclic) bond motifs is 1. The van der Waals surface area contributed by atoms with Gasteiger partial charge in [0.05, 0.1) is 7.05 Å². The maximum Gasteiger partial charge on any atom is 0.258 e. The highest BCUT2D eigenvalue weighted by molar-refractivity contribution is 5.71. The molecular weight excluding hydrogens is 184 g/mol. The Hall–Kier alpha value is -1.38. The molecule has 4 aliphatic rings. The van der Waals surface area contributed by atoms with Crippen molar-refractivity contribution in [3.63, 3.8) is 0 Å². The molecule has 0 aliphatic carbocycles. The number of para-hydroxylation sites is 1. The summed E-state index contributed by atoms with van der Waals surface area (Å²) in [6.07, 6.45) is 9.95. The van der Waals surface area contributed by atoms with Crippen LogP contribution in [-0.2, 0) is 0 Å². The van der Waals surface area contributed by atoms with E-state index in [4.69, 9.17) is 0 Å². The molecule has 4 aliphatic heterocycles. The van der Waals surface area contributed by atoms with Crippen molar-refractivity contribution in [1.29, 1.82) is 0 Å². The Morgan fingerprint density at radius 1 is 1.20 bits per heavy atom. The summed E-state index contributed by atoms with van der Waals surface area (Å²) < 4.78 is 2.12. The van der Waals surface area contributed by atoms with Crippen LogP contribution in [0.5, 0.6) is 0 Å². The Labute approximate surface area is 89.5 Å². The smallest absolute Gasteiger partial charge is 0.196 e. The summed E-state index contributed by atoms with van der Waals surface area (Å²) >= 11 is 0. The van der Waals surface area contributed by atoms with E-state index in [0.29, 0.717) is 6.17 Å². The third kappa shape index (κ3) is 0.684. The predicted molar refractivity (Wildman–Crippen MR) is 61.2 cm³/mol. The molecule has 74 valence electrons. The number of rotatable bonds is 0. The molecule has 15 heavy (non-hydrogen) atoms. The molecule has 1 aromatic rings. The summed E-state index contributed by atoms with van der Waals surface area (Å²) in [4.78, 5) is 0. The fraction of sp³-hybridized carbons (Fsp3) is 0.231. The van der Waals surface area contributed by atoms with Gasteiger partial charge in [0.15, 0.2) is 18.1 Å². The minimum absolute atomic E-state index is 0.597. The van der Waals surface area contributed by atoms with Crippen LogP contribution in [0.25, 0.3) is 6.08 Å². The third-order valence-corrected chi connectivity index (χ3v) is 4.12. The minimum Gasteiger partial charge on any atom is -0.196 e. The summed E-state index contributed by atoms with van der Waals surface area (Å²) in [6, 6.07) is 8.75. The predicted octanol–water partition coefficient (Wildman–Crippen LogP) is 2.25. The third-order valence-electron chi connectivity index (χ3n) is 4.12. The summed E-state index contributed by atoms with van der Waals surface area (Å²) in [5, 5.41) is 0. The normalized spacial score (nSPS) is 43.4. The van der Waals surface area contributed by atoms with Gasteiger partial charge >= 0.3 is 0 Å². The lowest BCUT2D eigenvalue weighted by molar-refractivity contribution is -0.936. The van der Waals surface area contributed by atoms with Crippen molar-refractivity contribution in [1.82, 2.24) is 4.48 Å². The summed E-state index contributed by atoms with van der Waals surface area (Å²) in [5.41, 5.74) is 2.85. The monoisotopic (exact) mass is 198 g/mol. The van der Waals surface area contributed by atoms with Crippen molar-refractivity contribution in [2.75, 3.05) is 13.7 Å². The molecule has 0 radical (unpaired) electrons. The molecule has 2 bridgehead atoms. The zero-order chi connectivity index (χ0) is 10.1. The molecule has 4 heterocycles. The summed E-state index contributed by atoms with van der Waals surface area (Å²) in [6.45, 7) is 1.19. The number of hydrogen-bond donors (Lipinski definition) is 0. The zero-order valence-electron chi connectivity index (χ0n) is 8.80. The first-order valence-corrected chi connectivity index (χ1v) is 5.45. The number of nitrogens with zero attached hydrogens (tertiary/aromatic N) is 2. The maximum atomic E-state index is 2.37. The Morgan fingerprint density at radius 2 is 2.07 bits per heavy atom. The molecule has 5 rings (SSSR count). The number of quaternary nitrogens is 2. The van der Waals surface area contributed by atoms with Crippen LogP contribution in [0.2, 0.25) is 0 Å². The molecule has 2 nitrogen and oxygen atoms in total. The number of benzene rings is 1. The fourth-order valence-electron chi connectivity index (χ4n) is 3.43. The molecule has 0 N–H and O–H groups in total. The lowest BCUT2D eigenvalue weighted by Gasteiger charge is -2.52. The number of hydrogen-bond acceptors (Lipinski definition) is 0. The average Bonchev–Trinajstić information content (AvgIpc) is 2.72. The topological polar surface area (TPSA) is 0 Å². The molecule has 1 aromatic carbocycles. The van der Waals surface area contributed by atoms with Gasteiger partial charge in [0.25, 0.3) is 6.17 Å². The number of likely N-dealkylation sites (N-methyl/N-ethyl adjacent to an activating group) is 1. The maximum absolute atomic E-state index is 2.37. The highest BCUT2D eigenvalue weighted by Gasteiger charge is 2.68. The SMILES string of the molecule is C[N+]12C=C[N+]3(C1)c1ccccc1C=CC23. The van der Waals surface area contributed by atoms with Gasteiger partial charge in [0.1, 0.15) is 0 Å². The first kappa shape index (κ1) is 7.85. The highest BCUT2D eigenvalue weighted by Crippen LogP contribution is 2.51. The van der Waals surface area contributed by atoms with Crippen molar-refractivity contribution in [3.05, 3.63) is 48.3 Å². The van der Waals surface area contributed by atoms with E-state index in [1.165, 1.54) is 17.9 Å². The quantitative estimate of drug-likeness (QED) is 0.561. The van der Waals surface area contributed by atoms with Gasteiger partial charge in [-0.05, 0) is 12.1 Å². The highest BCUT2D eigenvalue weighted by atomic mass is 15.7. The van der Waals surface area contributed by atoms with Crippen LogP contribution in [0.3, 0.4) is 0 Å². The molecule has 0 amide bonds. The standard InChI is InChI=1S/C13H14N2/c1-14-8-9-15(10-14)12-5-3-2-4-11(12)6-7-13(14)15/h2-9,13H,10H2,1H3/q+2. The van der Waals surface area contributed by atoms with Gasteiger partial charge in [0.2, 0.25) is 6.67 Å². The van der Waals surface area contributed by atoms with Gasteiger partial charge in [-0.15, -0.1) is 0 Å².